The maximum absolute atomic E-state index is 14.7. The minimum absolute atomic E-state index is 0.0865. The molecule has 0 spiro atoms. The van der Waals surface area contributed by atoms with Gasteiger partial charge >= 0.3 is 0 Å². The number of aliphatic hydroxyl groups is 1. The number of nitrogens with one attached hydrogen (secondary N) is 1. The number of rotatable bonds is 7. The number of oxime groups is 1. The van der Waals surface area contributed by atoms with Gasteiger partial charge < -0.3 is 15.2 Å². The number of aliphatic hydroxyl groups excluding tert-OH is 1. The molecule has 1 aromatic heterocycles. The topological polar surface area (TPSA) is 121 Å². The Hall–Kier alpha value is -2.47. The summed E-state index contributed by atoms with van der Waals surface area (Å²) in [7, 11) is -3.81. The lowest BCUT2D eigenvalue weighted by Crippen LogP contribution is -2.54. The van der Waals surface area contributed by atoms with E-state index in [1.165, 1.54) is 37.4 Å². The minimum Gasteiger partial charge on any atom is -0.392 e. The highest BCUT2D eigenvalue weighted by Crippen LogP contribution is 2.32. The third-order valence-corrected chi connectivity index (χ3v) is 7.36. The van der Waals surface area contributed by atoms with Crippen molar-refractivity contribution in [2.24, 2.45) is 5.16 Å². The lowest BCUT2D eigenvalue weighted by atomic mass is 9.95. The molecule has 3 N–H and O–H groups in total. The van der Waals surface area contributed by atoms with E-state index < -0.39 is 38.6 Å². The van der Waals surface area contributed by atoms with Gasteiger partial charge in [0.25, 0.3) is 0 Å². The van der Waals surface area contributed by atoms with Crippen LogP contribution in [-0.4, -0.2) is 52.8 Å². The van der Waals surface area contributed by atoms with E-state index in [9.17, 15) is 22.3 Å². The van der Waals surface area contributed by atoms with Crippen LogP contribution in [0.3, 0.4) is 0 Å². The highest BCUT2D eigenvalue weighted by molar-refractivity contribution is 7.92. The summed E-state index contributed by atoms with van der Waals surface area (Å²) in [5.41, 5.74) is 2.47. The van der Waals surface area contributed by atoms with Crippen LogP contribution in [0.25, 0.3) is 11.1 Å². The SMILES string of the molecule is C[C@@](C[C@H]1CC(c2ccc(-c3ccncc3F)cc2F)=NO1)(C(O)NO)S(C)(=O)=O. The van der Waals surface area contributed by atoms with Gasteiger partial charge in [0.15, 0.2) is 9.84 Å². The number of hydrogen-bond donors (Lipinski definition) is 3. The van der Waals surface area contributed by atoms with Crippen molar-refractivity contribution in [2.45, 2.75) is 36.8 Å². The van der Waals surface area contributed by atoms with Gasteiger partial charge in [-0.05, 0) is 30.7 Å². The van der Waals surface area contributed by atoms with E-state index in [-0.39, 0.29) is 29.7 Å². The molecule has 3 rings (SSSR count). The molecule has 1 aromatic carbocycles. The summed E-state index contributed by atoms with van der Waals surface area (Å²) in [6.45, 7) is 1.26. The molecule has 1 aliphatic heterocycles. The fraction of sp³-hybridized carbons (Fsp3) is 0.368. The first-order chi connectivity index (χ1) is 14.1. The highest BCUT2D eigenvalue weighted by atomic mass is 32.2. The number of halogens is 2. The molecule has 8 nitrogen and oxygen atoms in total. The van der Waals surface area contributed by atoms with E-state index in [4.69, 9.17) is 10.0 Å². The molecular weight excluding hydrogens is 420 g/mol. The van der Waals surface area contributed by atoms with E-state index in [0.717, 1.165) is 12.5 Å². The van der Waals surface area contributed by atoms with Gasteiger partial charge in [-0.1, -0.05) is 11.2 Å². The van der Waals surface area contributed by atoms with Gasteiger partial charge in [-0.2, -0.15) is 5.48 Å². The van der Waals surface area contributed by atoms with Crippen molar-refractivity contribution < 1.29 is 32.3 Å². The van der Waals surface area contributed by atoms with Crippen molar-refractivity contribution in [3.8, 4) is 11.1 Å². The van der Waals surface area contributed by atoms with Gasteiger partial charge in [0.2, 0.25) is 0 Å². The fourth-order valence-corrected chi connectivity index (χ4v) is 4.22. The van der Waals surface area contributed by atoms with E-state index in [1.54, 1.807) is 5.48 Å². The van der Waals surface area contributed by atoms with Crippen LogP contribution in [0, 0.1) is 11.6 Å². The molecular formula is C19H21F2N3O5S. The summed E-state index contributed by atoms with van der Waals surface area (Å²) in [5, 5.41) is 22.8. The second kappa shape index (κ2) is 8.34. The molecule has 0 bridgehead atoms. The number of benzene rings is 1. The summed E-state index contributed by atoms with van der Waals surface area (Å²) >= 11 is 0. The van der Waals surface area contributed by atoms with Gasteiger partial charge in [-0.15, -0.1) is 0 Å². The average Bonchev–Trinajstić information content (AvgIpc) is 3.14. The van der Waals surface area contributed by atoms with Crippen molar-refractivity contribution in [3.05, 3.63) is 53.9 Å². The molecule has 0 fully saturated rings. The molecule has 0 saturated heterocycles. The Kier molecular flexibility index (Phi) is 6.18. The van der Waals surface area contributed by atoms with Crippen LogP contribution in [0.15, 0.2) is 41.8 Å². The van der Waals surface area contributed by atoms with Crippen LogP contribution < -0.4 is 5.48 Å². The van der Waals surface area contributed by atoms with Crippen molar-refractivity contribution in [3.63, 3.8) is 0 Å². The van der Waals surface area contributed by atoms with Gasteiger partial charge in [0.05, 0.1) is 11.9 Å². The number of hydrogen-bond acceptors (Lipinski definition) is 8. The van der Waals surface area contributed by atoms with E-state index in [1.807, 2.05) is 0 Å². The molecule has 162 valence electrons. The predicted octanol–water partition coefficient (Wildman–Crippen LogP) is 2.01. The Morgan fingerprint density at radius 3 is 2.63 bits per heavy atom. The molecule has 0 saturated carbocycles. The van der Waals surface area contributed by atoms with Gasteiger partial charge in [0, 0.05) is 36.4 Å². The van der Waals surface area contributed by atoms with Crippen LogP contribution in [0.1, 0.15) is 25.3 Å². The van der Waals surface area contributed by atoms with Crippen LogP contribution in [0.2, 0.25) is 0 Å². The maximum atomic E-state index is 14.7. The van der Waals surface area contributed by atoms with Crippen molar-refractivity contribution in [1.29, 1.82) is 0 Å². The number of nitrogens with zero attached hydrogens (tertiary/aromatic N) is 2. The Morgan fingerprint density at radius 2 is 2.03 bits per heavy atom. The first-order valence-electron chi connectivity index (χ1n) is 8.96. The molecule has 30 heavy (non-hydrogen) atoms. The Balaban J connectivity index is 1.79. The Morgan fingerprint density at radius 1 is 1.30 bits per heavy atom. The van der Waals surface area contributed by atoms with Crippen molar-refractivity contribution in [1.82, 2.24) is 10.5 Å². The average molecular weight is 441 g/mol. The molecule has 0 radical (unpaired) electrons. The summed E-state index contributed by atoms with van der Waals surface area (Å²) < 4.78 is 51.1. The first kappa shape index (κ1) is 22.2. The molecule has 0 amide bonds. The van der Waals surface area contributed by atoms with Crippen LogP contribution >= 0.6 is 0 Å². The molecule has 2 heterocycles. The third-order valence-electron chi connectivity index (χ3n) is 5.28. The zero-order chi connectivity index (χ0) is 22.1. The normalized spacial score (nSPS) is 19.7. The quantitative estimate of drug-likeness (QED) is 0.444. The summed E-state index contributed by atoms with van der Waals surface area (Å²) in [4.78, 5) is 8.92. The molecule has 1 unspecified atom stereocenters. The minimum atomic E-state index is -3.81. The number of sulfone groups is 1. The van der Waals surface area contributed by atoms with Gasteiger partial charge in [-0.3, -0.25) is 4.98 Å². The highest BCUT2D eigenvalue weighted by Gasteiger charge is 2.46. The summed E-state index contributed by atoms with van der Waals surface area (Å²) in [6, 6.07) is 5.58. The summed E-state index contributed by atoms with van der Waals surface area (Å²) in [6.07, 6.45) is 0.734. The number of pyridine rings is 1. The second-order valence-electron chi connectivity index (χ2n) is 7.34. The molecule has 0 aliphatic carbocycles. The molecule has 1 aliphatic rings. The molecule has 2 aromatic rings. The number of hydroxylamine groups is 1. The Bertz CT molecular complexity index is 1080. The lowest BCUT2D eigenvalue weighted by molar-refractivity contribution is -0.0355. The summed E-state index contributed by atoms with van der Waals surface area (Å²) in [5.74, 6) is -1.22. The van der Waals surface area contributed by atoms with E-state index >= 15 is 0 Å². The zero-order valence-corrected chi connectivity index (χ0v) is 17.0. The van der Waals surface area contributed by atoms with Gasteiger partial charge in [0.1, 0.15) is 28.7 Å². The third kappa shape index (κ3) is 4.19. The predicted molar refractivity (Wildman–Crippen MR) is 104 cm³/mol. The first-order valence-corrected chi connectivity index (χ1v) is 10.9. The Labute approximate surface area is 172 Å². The van der Waals surface area contributed by atoms with E-state index in [2.05, 4.69) is 10.1 Å². The van der Waals surface area contributed by atoms with E-state index in [0.29, 0.717) is 5.56 Å². The molecule has 3 atom stereocenters. The van der Waals surface area contributed by atoms with Crippen LogP contribution in [0.5, 0.6) is 0 Å². The lowest BCUT2D eigenvalue weighted by Gasteiger charge is -2.32. The van der Waals surface area contributed by atoms with Crippen LogP contribution in [-0.2, 0) is 14.7 Å². The fourth-order valence-electron chi connectivity index (χ4n) is 3.28. The maximum Gasteiger partial charge on any atom is 0.156 e. The zero-order valence-electron chi connectivity index (χ0n) is 16.2. The number of aromatic nitrogens is 1. The monoisotopic (exact) mass is 441 g/mol. The standard InChI is InChI=1S/C19H21F2N3O5S/c1-19(18(25)23-26,30(2,27)28)9-12-8-17(24-29-12)14-4-3-11(7-15(14)20)13-5-6-22-10-16(13)21/h3-7,10,12,18,23,25-26H,8-9H2,1-2H3/t12-,18?,19-/m1/s1. The smallest absolute Gasteiger partial charge is 0.156 e. The largest absolute Gasteiger partial charge is 0.392 e. The van der Waals surface area contributed by atoms with Crippen molar-refractivity contribution >= 4 is 15.5 Å². The van der Waals surface area contributed by atoms with Crippen molar-refractivity contribution in [2.75, 3.05) is 6.26 Å². The van der Waals surface area contributed by atoms with Gasteiger partial charge in [-0.25, -0.2) is 17.2 Å². The van der Waals surface area contributed by atoms with Crippen LogP contribution in [0.4, 0.5) is 8.78 Å². The molecule has 11 heteroatoms. The second-order valence-corrected chi connectivity index (χ2v) is 9.82.